The topological polar surface area (TPSA) is 18.5 Å². The van der Waals surface area contributed by atoms with Gasteiger partial charge in [-0.25, -0.2) is 0 Å². The number of hydrogen-bond donors (Lipinski definition) is 1. The molecule has 0 saturated heterocycles. The maximum atomic E-state index is 3.74. The molecule has 0 spiro atoms. The van der Waals surface area contributed by atoms with E-state index < -0.39 is 0 Å². The van der Waals surface area contributed by atoms with E-state index in [1.165, 1.54) is 6.42 Å². The van der Waals surface area contributed by atoms with Crippen molar-refractivity contribution >= 4 is 9.68 Å². The fraction of sp³-hybridized carbons (Fsp3) is 1.00. The van der Waals surface area contributed by atoms with Gasteiger partial charge in [0, 0.05) is 0 Å². The van der Waals surface area contributed by atoms with Crippen LogP contribution in [0.1, 0.15) is 27.2 Å². The van der Waals surface area contributed by atoms with Crippen molar-refractivity contribution in [3.8, 4) is 0 Å². The predicted molar refractivity (Wildman–Crippen MR) is 67.2 cm³/mol. The molecule has 0 radical (unpaired) electrons. The van der Waals surface area contributed by atoms with Crippen molar-refractivity contribution in [1.29, 1.82) is 0 Å². The molecule has 4 heteroatoms. The van der Waals surface area contributed by atoms with Gasteiger partial charge in [-0.05, 0) is 40.7 Å². The van der Waals surface area contributed by atoms with E-state index in [-0.39, 0.29) is 15.5 Å². The van der Waals surface area contributed by atoms with Crippen LogP contribution in [0.15, 0.2) is 0 Å². The highest BCUT2D eigenvalue weighted by molar-refractivity contribution is 6.34. The minimum absolute atomic E-state index is 0.00958. The summed E-state index contributed by atoms with van der Waals surface area (Å²) in [7, 11) is 8.30. The van der Waals surface area contributed by atoms with Gasteiger partial charge in [-0.2, -0.15) is 0 Å². The first-order chi connectivity index (χ1) is 6.34. The standard InChI is InChI=1S/C10H27N3Si/c1-8-9(2)14-11-10(3,12(4)5)13(6)7/h9,11H,8,14H2,1-7H3. The van der Waals surface area contributed by atoms with Crippen LogP contribution in [0.5, 0.6) is 0 Å². The molecule has 1 unspecified atom stereocenters. The smallest absolute Gasteiger partial charge is 0.118 e. The summed E-state index contributed by atoms with van der Waals surface area (Å²) in [5.41, 5.74) is 0.870. The summed E-state index contributed by atoms with van der Waals surface area (Å²) in [5, 5.41) is 0. The Hall–Kier alpha value is 0.0969. The van der Waals surface area contributed by atoms with Crippen LogP contribution in [0.2, 0.25) is 5.54 Å². The fourth-order valence-electron chi connectivity index (χ4n) is 1.23. The summed E-state index contributed by atoms with van der Waals surface area (Å²) in [4.78, 5) is 8.21. The molecule has 0 fully saturated rings. The van der Waals surface area contributed by atoms with Gasteiger partial charge in [0.25, 0.3) is 0 Å². The SMILES string of the molecule is CCC(C)[SiH2]NC(C)(N(C)C)N(C)C. The van der Waals surface area contributed by atoms with Crippen LogP contribution in [0, 0.1) is 0 Å². The van der Waals surface area contributed by atoms with E-state index >= 15 is 0 Å². The molecule has 0 aromatic rings. The molecule has 14 heavy (non-hydrogen) atoms. The molecule has 0 amide bonds. The van der Waals surface area contributed by atoms with Crippen LogP contribution in [-0.2, 0) is 0 Å². The molecule has 0 heterocycles. The highest BCUT2D eigenvalue weighted by Crippen LogP contribution is 2.12. The number of nitrogens with zero attached hydrogens (tertiary/aromatic N) is 2. The van der Waals surface area contributed by atoms with Gasteiger partial charge in [-0.3, -0.25) is 9.80 Å². The Balaban J connectivity index is 4.24. The molecule has 1 atom stereocenters. The summed E-state index contributed by atoms with van der Waals surface area (Å²) < 4.78 is 0. The summed E-state index contributed by atoms with van der Waals surface area (Å²) in [6.07, 6.45) is 1.29. The zero-order valence-electron chi connectivity index (χ0n) is 10.9. The van der Waals surface area contributed by atoms with Gasteiger partial charge in [0.15, 0.2) is 0 Å². The van der Waals surface area contributed by atoms with E-state index in [1.807, 2.05) is 0 Å². The van der Waals surface area contributed by atoms with E-state index in [9.17, 15) is 0 Å². The largest absolute Gasteiger partial charge is 0.313 e. The van der Waals surface area contributed by atoms with Gasteiger partial charge in [-0.15, -0.1) is 0 Å². The van der Waals surface area contributed by atoms with Crippen molar-refractivity contribution in [2.24, 2.45) is 0 Å². The Kier molecular flexibility index (Phi) is 5.89. The Morgan fingerprint density at radius 1 is 1.21 bits per heavy atom. The summed E-state index contributed by atoms with van der Waals surface area (Å²) in [6.45, 7) is 6.84. The molecule has 0 rings (SSSR count). The maximum Gasteiger partial charge on any atom is 0.118 e. The van der Waals surface area contributed by atoms with Gasteiger partial charge < -0.3 is 4.98 Å². The van der Waals surface area contributed by atoms with E-state index in [4.69, 9.17) is 0 Å². The van der Waals surface area contributed by atoms with Gasteiger partial charge in [0.05, 0.1) is 9.68 Å². The quantitative estimate of drug-likeness (QED) is 0.521. The Morgan fingerprint density at radius 2 is 1.64 bits per heavy atom. The van der Waals surface area contributed by atoms with E-state index in [0.29, 0.717) is 0 Å². The average Bonchev–Trinajstić information content (AvgIpc) is 2.12. The van der Waals surface area contributed by atoms with Crippen LogP contribution in [-0.4, -0.2) is 53.5 Å². The van der Waals surface area contributed by atoms with Gasteiger partial charge >= 0.3 is 0 Å². The third kappa shape index (κ3) is 3.69. The lowest BCUT2D eigenvalue weighted by atomic mass is 10.3. The van der Waals surface area contributed by atoms with E-state index in [1.54, 1.807) is 0 Å². The first kappa shape index (κ1) is 14.1. The van der Waals surface area contributed by atoms with Crippen LogP contribution in [0.25, 0.3) is 0 Å². The molecule has 0 aliphatic rings. The average molecular weight is 217 g/mol. The van der Waals surface area contributed by atoms with Crippen molar-refractivity contribution in [1.82, 2.24) is 14.8 Å². The summed E-state index contributed by atoms with van der Waals surface area (Å²) in [6, 6.07) is 0. The third-order valence-electron chi connectivity index (χ3n) is 3.22. The Labute approximate surface area is 91.7 Å². The van der Waals surface area contributed by atoms with E-state index in [2.05, 4.69) is 63.7 Å². The van der Waals surface area contributed by atoms with Crippen molar-refractivity contribution in [2.45, 2.75) is 38.5 Å². The fourth-order valence-corrected chi connectivity index (χ4v) is 2.88. The first-order valence-corrected chi connectivity index (χ1v) is 6.96. The molecule has 0 aliphatic carbocycles. The minimum atomic E-state index is -0.187. The maximum absolute atomic E-state index is 3.74. The lowest BCUT2D eigenvalue weighted by Crippen LogP contribution is -2.63. The normalized spacial score (nSPS) is 16.1. The zero-order chi connectivity index (χ0) is 11.4. The van der Waals surface area contributed by atoms with Crippen molar-refractivity contribution in [3.05, 3.63) is 0 Å². The summed E-state index contributed by atoms with van der Waals surface area (Å²) >= 11 is 0. The van der Waals surface area contributed by atoms with Crippen molar-refractivity contribution in [2.75, 3.05) is 28.2 Å². The van der Waals surface area contributed by atoms with E-state index in [0.717, 1.165) is 5.54 Å². The predicted octanol–water partition coefficient (Wildman–Crippen LogP) is 0.675. The Bertz CT molecular complexity index is 151. The van der Waals surface area contributed by atoms with Gasteiger partial charge in [0.2, 0.25) is 0 Å². The number of rotatable bonds is 6. The highest BCUT2D eigenvalue weighted by atomic mass is 28.2. The number of nitrogens with one attached hydrogen (secondary N) is 1. The lowest BCUT2D eigenvalue weighted by molar-refractivity contribution is 0.00957. The van der Waals surface area contributed by atoms with Crippen molar-refractivity contribution in [3.63, 3.8) is 0 Å². The van der Waals surface area contributed by atoms with Gasteiger partial charge in [-0.1, -0.05) is 20.3 Å². The second-order valence-electron chi connectivity index (χ2n) is 4.70. The molecule has 0 bridgehead atoms. The lowest BCUT2D eigenvalue weighted by Gasteiger charge is -2.43. The van der Waals surface area contributed by atoms with Crippen LogP contribution in [0.4, 0.5) is 0 Å². The molecule has 0 saturated carbocycles. The molecule has 1 N–H and O–H groups in total. The Morgan fingerprint density at radius 3 is 1.93 bits per heavy atom. The zero-order valence-corrected chi connectivity index (χ0v) is 12.3. The molecular weight excluding hydrogens is 190 g/mol. The molecule has 3 nitrogen and oxygen atoms in total. The second-order valence-corrected chi connectivity index (χ2v) is 6.86. The monoisotopic (exact) mass is 217 g/mol. The summed E-state index contributed by atoms with van der Waals surface area (Å²) in [5.74, 6) is 0.00958. The highest BCUT2D eigenvalue weighted by Gasteiger charge is 2.28. The third-order valence-corrected chi connectivity index (χ3v) is 5.37. The van der Waals surface area contributed by atoms with Crippen LogP contribution >= 0.6 is 0 Å². The molecule has 0 aromatic carbocycles. The van der Waals surface area contributed by atoms with Gasteiger partial charge in [0.1, 0.15) is 5.79 Å². The second kappa shape index (κ2) is 5.85. The minimum Gasteiger partial charge on any atom is -0.313 e. The van der Waals surface area contributed by atoms with Crippen LogP contribution in [0.3, 0.4) is 0 Å². The molecular formula is C10H27N3Si. The number of hydrogen-bond acceptors (Lipinski definition) is 3. The molecule has 86 valence electrons. The molecule has 0 aliphatic heterocycles. The molecule has 0 aromatic heterocycles. The first-order valence-electron chi connectivity index (χ1n) is 5.44. The van der Waals surface area contributed by atoms with Crippen molar-refractivity contribution < 1.29 is 0 Å². The van der Waals surface area contributed by atoms with Crippen LogP contribution < -0.4 is 4.98 Å².